The van der Waals surface area contributed by atoms with Crippen LogP contribution in [0.1, 0.15) is 37.8 Å². The second-order valence-corrected chi connectivity index (χ2v) is 13.1. The zero-order chi connectivity index (χ0) is 30.0. The molecular weight excluding hydrogens is 581 g/mol. The fourth-order valence-electron chi connectivity index (χ4n) is 4.42. The number of hydrogen-bond donors (Lipinski definition) is 1. The monoisotopic (exact) mass is 617 g/mol. The summed E-state index contributed by atoms with van der Waals surface area (Å²) in [5.74, 6) is -0.231. The van der Waals surface area contributed by atoms with Crippen LogP contribution in [0.25, 0.3) is 0 Å². The Morgan fingerprint density at radius 3 is 2.10 bits per heavy atom. The number of rotatable bonds is 14. The Bertz CT molecular complexity index is 1400. The van der Waals surface area contributed by atoms with Crippen molar-refractivity contribution in [2.45, 2.75) is 45.7 Å². The van der Waals surface area contributed by atoms with Crippen molar-refractivity contribution < 1.29 is 18.0 Å². The van der Waals surface area contributed by atoms with Gasteiger partial charge in [0.25, 0.3) is 0 Å². The highest BCUT2D eigenvalue weighted by atomic mass is 35.5. The van der Waals surface area contributed by atoms with Crippen molar-refractivity contribution in [3.05, 3.63) is 100 Å². The largest absolute Gasteiger partial charge is 0.354 e. The summed E-state index contributed by atoms with van der Waals surface area (Å²) in [6, 6.07) is 23.0. The minimum Gasteiger partial charge on any atom is -0.354 e. The molecular formula is C31H37Cl2N3O4S. The van der Waals surface area contributed by atoms with Gasteiger partial charge in [0.1, 0.15) is 6.04 Å². The average molecular weight is 619 g/mol. The number of halogens is 2. The summed E-state index contributed by atoms with van der Waals surface area (Å²) >= 11 is 12.4. The number of sulfonamides is 1. The maximum Gasteiger partial charge on any atom is 0.243 e. The van der Waals surface area contributed by atoms with E-state index < -0.39 is 16.1 Å². The number of amides is 2. The lowest BCUT2D eigenvalue weighted by molar-refractivity contribution is -0.141. The number of anilines is 1. The highest BCUT2D eigenvalue weighted by Crippen LogP contribution is 2.31. The third kappa shape index (κ3) is 10.1. The lowest BCUT2D eigenvalue weighted by Gasteiger charge is -2.32. The number of benzene rings is 3. The number of carbonyl (C=O) groups excluding carboxylic acids is 2. The van der Waals surface area contributed by atoms with Gasteiger partial charge in [-0.2, -0.15) is 0 Å². The molecule has 0 fully saturated rings. The molecule has 0 aliphatic rings. The van der Waals surface area contributed by atoms with Gasteiger partial charge in [-0.15, -0.1) is 0 Å². The highest BCUT2D eigenvalue weighted by Gasteiger charge is 2.30. The molecule has 0 aliphatic heterocycles. The third-order valence-corrected chi connectivity index (χ3v) is 8.22. The topological polar surface area (TPSA) is 86.8 Å². The van der Waals surface area contributed by atoms with Crippen LogP contribution in [0.5, 0.6) is 0 Å². The summed E-state index contributed by atoms with van der Waals surface area (Å²) in [5.41, 5.74) is 2.08. The summed E-state index contributed by atoms with van der Waals surface area (Å²) in [5, 5.41) is 3.59. The van der Waals surface area contributed by atoms with Crippen molar-refractivity contribution in [3.8, 4) is 0 Å². The molecule has 220 valence electrons. The Morgan fingerprint density at radius 1 is 0.902 bits per heavy atom. The summed E-state index contributed by atoms with van der Waals surface area (Å²) in [6.45, 7) is 4.77. The van der Waals surface area contributed by atoms with Crippen LogP contribution in [0.15, 0.2) is 78.9 Å². The van der Waals surface area contributed by atoms with Gasteiger partial charge in [-0.05, 0) is 41.7 Å². The molecule has 0 bridgehead atoms. The predicted molar refractivity (Wildman–Crippen MR) is 167 cm³/mol. The van der Waals surface area contributed by atoms with Gasteiger partial charge in [-0.25, -0.2) is 8.42 Å². The van der Waals surface area contributed by atoms with E-state index in [2.05, 4.69) is 5.32 Å². The molecule has 1 N–H and O–H groups in total. The van der Waals surface area contributed by atoms with Crippen molar-refractivity contribution in [2.75, 3.05) is 23.7 Å². The Hall–Kier alpha value is -3.07. The minimum atomic E-state index is -3.71. The van der Waals surface area contributed by atoms with E-state index in [0.717, 1.165) is 21.7 Å². The molecule has 0 spiro atoms. The van der Waals surface area contributed by atoms with Crippen LogP contribution in [0.4, 0.5) is 5.69 Å². The van der Waals surface area contributed by atoms with Crippen molar-refractivity contribution in [2.24, 2.45) is 5.92 Å². The zero-order valence-corrected chi connectivity index (χ0v) is 25.9. The molecule has 1 atom stereocenters. The van der Waals surface area contributed by atoms with Gasteiger partial charge >= 0.3 is 0 Å². The SMILES string of the molecule is CC(C)CNC(=O)[C@@H](Cc1ccccc1)N(Cc1ccccc1)C(=O)CCCN(c1cc(Cl)ccc1Cl)S(C)(=O)=O. The molecule has 10 heteroatoms. The minimum absolute atomic E-state index is 0.0205. The highest BCUT2D eigenvalue weighted by molar-refractivity contribution is 7.92. The van der Waals surface area contributed by atoms with Crippen molar-refractivity contribution >= 4 is 50.7 Å². The molecule has 0 radical (unpaired) electrons. The molecule has 3 aromatic rings. The normalized spacial score (nSPS) is 12.1. The van der Waals surface area contributed by atoms with Crippen LogP contribution < -0.4 is 9.62 Å². The van der Waals surface area contributed by atoms with E-state index in [4.69, 9.17) is 23.2 Å². The summed E-state index contributed by atoms with van der Waals surface area (Å²) < 4.78 is 26.5. The molecule has 0 aromatic heterocycles. The predicted octanol–water partition coefficient (Wildman–Crippen LogP) is 5.95. The molecule has 0 unspecified atom stereocenters. The number of nitrogens with zero attached hydrogens (tertiary/aromatic N) is 2. The number of hydrogen-bond acceptors (Lipinski definition) is 4. The van der Waals surface area contributed by atoms with Crippen LogP contribution in [-0.4, -0.2) is 50.5 Å². The Kier molecular flexibility index (Phi) is 12.1. The van der Waals surface area contributed by atoms with Crippen LogP contribution in [-0.2, 0) is 32.6 Å². The zero-order valence-electron chi connectivity index (χ0n) is 23.6. The van der Waals surface area contributed by atoms with Gasteiger partial charge < -0.3 is 10.2 Å². The average Bonchev–Trinajstić information content (AvgIpc) is 2.93. The molecule has 3 rings (SSSR count). The molecule has 2 amide bonds. The quantitative estimate of drug-likeness (QED) is 0.242. The number of nitrogens with one attached hydrogen (secondary N) is 1. The molecule has 3 aromatic carbocycles. The van der Waals surface area contributed by atoms with Crippen LogP contribution in [0.3, 0.4) is 0 Å². The maximum absolute atomic E-state index is 13.8. The molecule has 0 saturated carbocycles. The summed E-state index contributed by atoms with van der Waals surface area (Å²) in [6.07, 6.45) is 1.67. The van der Waals surface area contributed by atoms with Crippen LogP contribution in [0.2, 0.25) is 10.0 Å². The van der Waals surface area contributed by atoms with E-state index >= 15 is 0 Å². The molecule has 0 aliphatic carbocycles. The standard InChI is InChI=1S/C31H37Cl2N3O4S/c1-23(2)21-34-31(38)29(19-24-11-6-4-7-12-24)35(22-25-13-8-5-9-14-25)30(37)15-10-18-36(41(3,39)40)28-20-26(32)16-17-27(28)33/h4-9,11-14,16-17,20,23,29H,10,15,18-19,21-22H2,1-3H3,(H,34,38)/t29-/m1/s1. The van der Waals surface area contributed by atoms with E-state index in [9.17, 15) is 18.0 Å². The fraction of sp³-hybridized carbons (Fsp3) is 0.355. The van der Waals surface area contributed by atoms with Crippen LogP contribution in [0, 0.1) is 5.92 Å². The Labute approximate surface area is 253 Å². The first-order valence-electron chi connectivity index (χ1n) is 13.5. The van der Waals surface area contributed by atoms with Crippen molar-refractivity contribution in [1.82, 2.24) is 10.2 Å². The summed E-state index contributed by atoms with van der Waals surface area (Å²) in [7, 11) is -3.71. The molecule has 0 saturated heterocycles. The lowest BCUT2D eigenvalue weighted by Crippen LogP contribution is -2.51. The van der Waals surface area contributed by atoms with Crippen LogP contribution >= 0.6 is 23.2 Å². The van der Waals surface area contributed by atoms with Gasteiger partial charge in [0.15, 0.2) is 0 Å². The number of carbonyl (C=O) groups is 2. The smallest absolute Gasteiger partial charge is 0.243 e. The lowest BCUT2D eigenvalue weighted by atomic mass is 10.0. The van der Waals surface area contributed by atoms with E-state index in [1.165, 1.54) is 12.1 Å². The second kappa shape index (κ2) is 15.2. The molecule has 41 heavy (non-hydrogen) atoms. The van der Waals surface area contributed by atoms with E-state index in [1.54, 1.807) is 11.0 Å². The molecule has 0 heterocycles. The maximum atomic E-state index is 13.8. The fourth-order valence-corrected chi connectivity index (χ4v) is 5.82. The van der Waals surface area contributed by atoms with E-state index in [1.807, 2.05) is 74.5 Å². The van der Waals surface area contributed by atoms with E-state index in [0.29, 0.717) is 18.0 Å². The van der Waals surface area contributed by atoms with Gasteiger partial charge in [0.2, 0.25) is 21.8 Å². The third-order valence-electron chi connectivity index (χ3n) is 6.48. The van der Waals surface area contributed by atoms with Gasteiger partial charge in [-0.3, -0.25) is 13.9 Å². The first kappa shape index (κ1) is 32.4. The second-order valence-electron chi connectivity index (χ2n) is 10.4. The van der Waals surface area contributed by atoms with Gasteiger partial charge in [-0.1, -0.05) is 97.7 Å². The summed E-state index contributed by atoms with van der Waals surface area (Å²) in [4.78, 5) is 29.0. The van der Waals surface area contributed by atoms with E-state index in [-0.39, 0.29) is 54.4 Å². The van der Waals surface area contributed by atoms with Crippen molar-refractivity contribution in [1.29, 1.82) is 0 Å². The van der Waals surface area contributed by atoms with Gasteiger partial charge in [0.05, 0.1) is 17.0 Å². The first-order chi connectivity index (χ1) is 19.5. The van der Waals surface area contributed by atoms with Crippen molar-refractivity contribution in [3.63, 3.8) is 0 Å². The van der Waals surface area contributed by atoms with Gasteiger partial charge in [0, 0.05) is 37.5 Å². The Balaban J connectivity index is 1.87. The molecule has 7 nitrogen and oxygen atoms in total. The first-order valence-corrected chi connectivity index (χ1v) is 16.1. The Morgan fingerprint density at radius 2 is 1.51 bits per heavy atom.